The van der Waals surface area contributed by atoms with Crippen LogP contribution in [0.15, 0.2) is 57.4 Å². The Kier molecular flexibility index (Phi) is 22.3. The number of carbonyl (C=O) groups excluding carboxylic acids is 2. The van der Waals surface area contributed by atoms with Crippen molar-refractivity contribution in [3.8, 4) is 11.5 Å². The van der Waals surface area contributed by atoms with E-state index in [1.54, 1.807) is 65.1 Å². The average Bonchev–Trinajstić information content (AvgIpc) is 3.11. The van der Waals surface area contributed by atoms with Crippen LogP contribution < -0.4 is 14.8 Å². The normalized spacial score (nSPS) is 14.7. The Balaban J connectivity index is 0.000000477. The van der Waals surface area contributed by atoms with Gasteiger partial charge in [-0.1, -0.05) is 55.7 Å². The first kappa shape index (κ1) is 48.9. The molecule has 308 valence electrons. The van der Waals surface area contributed by atoms with Crippen molar-refractivity contribution < 1.29 is 49.8 Å². The topological polar surface area (TPSA) is 105 Å². The number of unbranched alkanes of at least 4 members (excludes halogenated alkanes) is 1. The number of guanidine groups is 1. The zero-order chi connectivity index (χ0) is 41.6. The van der Waals surface area contributed by atoms with Gasteiger partial charge < -0.3 is 19.7 Å². The number of hydrogen-bond acceptors (Lipinski definition) is 6. The quantitative estimate of drug-likeness (QED) is 0.138. The number of ether oxygens (including phenoxy) is 2. The van der Waals surface area contributed by atoms with Crippen molar-refractivity contribution in [2.24, 2.45) is 20.9 Å². The average molecular weight is 808 g/mol. The molecule has 17 heteroatoms. The minimum absolute atomic E-state index is 0.0534. The standard InChI is InChI=1S/C20H34FN5O2S.C10H11F3O.C8H7F3O/c1-5-7-10-23-19(22-4)26-11-8-16(9-12-26)18(21)13-24-20(28)25-15(3)29-14-17(27)6-2;1-7-3-4-9(8(2)5-7)14-6-10(11,12)13;1-6-2-4-7(5-3-6)12-8(9,10)11/h10,16,18H,5-9,11-14H2,1-4H3,(H,24,28);3-5H,6H2,1-2H3;2-5H,1H3/b22-19?,23-10-,25-15-;;. The van der Waals surface area contributed by atoms with Crippen LogP contribution in [-0.4, -0.2) is 91.7 Å². The van der Waals surface area contributed by atoms with E-state index < -0.39 is 31.3 Å². The summed E-state index contributed by atoms with van der Waals surface area (Å²) in [4.78, 5) is 37.7. The van der Waals surface area contributed by atoms with E-state index in [4.69, 9.17) is 0 Å². The molecular formula is C38H52F7N5O4S. The lowest BCUT2D eigenvalue weighted by Gasteiger charge is -2.33. The van der Waals surface area contributed by atoms with Crippen molar-refractivity contribution in [2.75, 3.05) is 39.0 Å². The third kappa shape index (κ3) is 22.7. The number of alkyl halides is 7. The van der Waals surface area contributed by atoms with Gasteiger partial charge in [0.2, 0.25) is 5.96 Å². The van der Waals surface area contributed by atoms with E-state index in [0.717, 1.165) is 24.0 Å². The zero-order valence-electron chi connectivity index (χ0n) is 32.3. The van der Waals surface area contributed by atoms with Crippen LogP contribution in [0.25, 0.3) is 0 Å². The van der Waals surface area contributed by atoms with Gasteiger partial charge in [0.05, 0.1) is 17.3 Å². The molecule has 1 unspecified atom stereocenters. The molecule has 2 aromatic carbocycles. The molecule has 1 saturated heterocycles. The van der Waals surface area contributed by atoms with Crippen molar-refractivity contribution in [2.45, 2.75) is 92.4 Å². The fraction of sp³-hybridized carbons (Fsp3) is 0.553. The lowest BCUT2D eigenvalue weighted by Crippen LogP contribution is -2.42. The Morgan fingerprint density at radius 2 is 1.62 bits per heavy atom. The number of aliphatic imine (C=N–C) groups is 3. The zero-order valence-corrected chi connectivity index (χ0v) is 33.1. The number of nitrogens with zero attached hydrogens (tertiary/aromatic N) is 4. The molecule has 0 spiro atoms. The number of halogens is 7. The summed E-state index contributed by atoms with van der Waals surface area (Å²) in [6.07, 6.45) is -4.32. The minimum atomic E-state index is -4.60. The largest absolute Gasteiger partial charge is 0.573 e. The summed E-state index contributed by atoms with van der Waals surface area (Å²) in [6, 6.07) is 10.2. The van der Waals surface area contributed by atoms with Gasteiger partial charge in [-0.25, -0.2) is 14.2 Å². The summed E-state index contributed by atoms with van der Waals surface area (Å²) >= 11 is 1.23. The van der Waals surface area contributed by atoms with Crippen LogP contribution >= 0.6 is 11.8 Å². The third-order valence-corrected chi connectivity index (χ3v) is 8.65. The van der Waals surface area contributed by atoms with E-state index in [2.05, 4.69) is 41.6 Å². The molecule has 1 N–H and O–H groups in total. The van der Waals surface area contributed by atoms with Crippen LogP contribution in [0.4, 0.5) is 35.5 Å². The van der Waals surface area contributed by atoms with Gasteiger partial charge in [0, 0.05) is 32.8 Å². The predicted octanol–water partition coefficient (Wildman–Crippen LogP) is 9.87. The fourth-order valence-electron chi connectivity index (χ4n) is 4.73. The van der Waals surface area contributed by atoms with Crippen LogP contribution in [0.2, 0.25) is 0 Å². The number of nitrogens with one attached hydrogen (secondary N) is 1. The number of hydrogen-bond donors (Lipinski definition) is 1. The second kappa shape index (κ2) is 25.1. The molecule has 55 heavy (non-hydrogen) atoms. The van der Waals surface area contributed by atoms with Crippen LogP contribution in [0.5, 0.6) is 11.5 Å². The molecule has 0 aliphatic carbocycles. The molecule has 2 aromatic rings. The van der Waals surface area contributed by atoms with E-state index in [1.165, 1.54) is 23.9 Å². The lowest BCUT2D eigenvalue weighted by atomic mass is 9.92. The fourth-order valence-corrected chi connectivity index (χ4v) is 5.45. The van der Waals surface area contributed by atoms with Gasteiger partial charge in [0.1, 0.15) is 23.5 Å². The Labute approximate surface area is 323 Å². The van der Waals surface area contributed by atoms with Gasteiger partial charge >= 0.3 is 18.6 Å². The van der Waals surface area contributed by atoms with Crippen molar-refractivity contribution in [1.29, 1.82) is 0 Å². The SMILES string of the molecule is CCC/C=N\C(=NC)N1CCC(C(F)CNC(=O)/N=C(/C)SCC(=O)CC)CC1.Cc1ccc(OC(F)(F)F)cc1.Cc1ccc(OCC(F)(F)F)c(C)c1. The highest BCUT2D eigenvalue weighted by molar-refractivity contribution is 8.14. The molecule has 1 fully saturated rings. The number of likely N-dealkylation sites (tertiary alicyclic amines) is 1. The number of urea groups is 1. The molecule has 3 rings (SSSR count). The highest BCUT2D eigenvalue weighted by Crippen LogP contribution is 2.25. The number of piperidine rings is 1. The highest BCUT2D eigenvalue weighted by atomic mass is 32.2. The third-order valence-electron chi connectivity index (χ3n) is 7.68. The second-order valence-corrected chi connectivity index (χ2v) is 13.7. The summed E-state index contributed by atoms with van der Waals surface area (Å²) in [5.74, 6) is 1.10. The number of aryl methyl sites for hydroxylation is 3. The second-order valence-electron chi connectivity index (χ2n) is 12.5. The van der Waals surface area contributed by atoms with E-state index in [1.807, 2.05) is 13.1 Å². The number of Topliss-reactive ketones (excluding diaryl/α,β-unsaturated/α-hetero) is 1. The lowest BCUT2D eigenvalue weighted by molar-refractivity contribution is -0.274. The highest BCUT2D eigenvalue weighted by Gasteiger charge is 2.31. The van der Waals surface area contributed by atoms with E-state index in [9.17, 15) is 40.3 Å². The molecule has 1 atom stereocenters. The van der Waals surface area contributed by atoms with Gasteiger partial charge in [0.25, 0.3) is 0 Å². The molecule has 0 saturated carbocycles. The van der Waals surface area contributed by atoms with E-state index >= 15 is 0 Å². The van der Waals surface area contributed by atoms with Crippen molar-refractivity contribution >= 4 is 40.8 Å². The number of rotatable bonds is 11. The molecule has 1 heterocycles. The number of thioether (sulfide) groups is 1. The van der Waals surface area contributed by atoms with E-state index in [-0.39, 0.29) is 29.7 Å². The number of benzene rings is 2. The van der Waals surface area contributed by atoms with Crippen molar-refractivity contribution in [3.63, 3.8) is 0 Å². The monoisotopic (exact) mass is 807 g/mol. The van der Waals surface area contributed by atoms with Crippen LogP contribution in [0.1, 0.15) is 69.6 Å². The number of carbonyl (C=O) groups is 2. The summed E-state index contributed by atoms with van der Waals surface area (Å²) < 4.78 is 93.2. The van der Waals surface area contributed by atoms with Crippen molar-refractivity contribution in [1.82, 2.24) is 10.2 Å². The maximum absolute atomic E-state index is 14.6. The Morgan fingerprint density at radius 1 is 1.00 bits per heavy atom. The smallest absolute Gasteiger partial charge is 0.484 e. The van der Waals surface area contributed by atoms with Gasteiger partial charge in [0.15, 0.2) is 6.61 Å². The predicted molar refractivity (Wildman–Crippen MR) is 206 cm³/mol. The first-order chi connectivity index (χ1) is 25.8. The van der Waals surface area contributed by atoms with Crippen LogP contribution in [0, 0.1) is 26.7 Å². The molecule has 9 nitrogen and oxygen atoms in total. The summed E-state index contributed by atoms with van der Waals surface area (Å²) in [5, 5.41) is 3.03. The summed E-state index contributed by atoms with van der Waals surface area (Å²) in [7, 11) is 1.72. The molecule has 0 bridgehead atoms. The Bertz CT molecular complexity index is 1540. The van der Waals surface area contributed by atoms with Gasteiger partial charge in [-0.3, -0.25) is 9.79 Å². The Morgan fingerprint density at radius 3 is 2.15 bits per heavy atom. The van der Waals surface area contributed by atoms with Crippen LogP contribution in [-0.2, 0) is 4.79 Å². The summed E-state index contributed by atoms with van der Waals surface area (Å²) in [5.41, 5.74) is 2.61. The number of ketones is 1. The first-order valence-electron chi connectivity index (χ1n) is 17.7. The maximum Gasteiger partial charge on any atom is 0.573 e. The van der Waals surface area contributed by atoms with Gasteiger partial charge in [-0.15, -0.1) is 24.9 Å². The molecule has 0 radical (unpaired) electrons. The van der Waals surface area contributed by atoms with Crippen molar-refractivity contribution in [3.05, 3.63) is 59.2 Å². The molecule has 2 amide bonds. The molecular weight excluding hydrogens is 756 g/mol. The minimum Gasteiger partial charge on any atom is -0.484 e. The van der Waals surface area contributed by atoms with E-state index in [0.29, 0.717) is 54.7 Å². The van der Waals surface area contributed by atoms with Crippen LogP contribution in [0.3, 0.4) is 0 Å². The Hall–Kier alpha value is -4.15. The van der Waals surface area contributed by atoms with Gasteiger partial charge in [-0.2, -0.15) is 18.2 Å². The maximum atomic E-state index is 14.6. The first-order valence-corrected chi connectivity index (χ1v) is 18.7. The van der Waals surface area contributed by atoms with Gasteiger partial charge in [-0.05, 0) is 76.6 Å². The molecule has 0 aromatic heterocycles. The number of amides is 2. The summed E-state index contributed by atoms with van der Waals surface area (Å²) in [6.45, 7) is 11.1. The molecule has 1 aliphatic heterocycles. The molecule has 1 aliphatic rings.